The summed E-state index contributed by atoms with van der Waals surface area (Å²) in [5.74, 6) is -0.413. The van der Waals surface area contributed by atoms with Crippen molar-refractivity contribution in [3.8, 4) is 5.75 Å². The van der Waals surface area contributed by atoms with Gasteiger partial charge in [-0.3, -0.25) is 4.79 Å². The SMILES string of the molecule is CC(C)[C@H](NP(=O)(Cl)Oc1cccc2ccccc12)C(=O)O[C@@H](C)c1ccccc1Br. The summed E-state index contributed by atoms with van der Waals surface area (Å²) in [6, 6.07) is 19.5. The molecule has 0 spiro atoms. The second kappa shape index (κ2) is 10.2. The Bertz CT molecular complexity index is 1120. The summed E-state index contributed by atoms with van der Waals surface area (Å²) in [5.41, 5.74) is 0.833. The van der Waals surface area contributed by atoms with E-state index in [1.165, 1.54) is 0 Å². The monoisotopic (exact) mass is 523 g/mol. The highest BCUT2D eigenvalue weighted by Crippen LogP contribution is 2.50. The first-order chi connectivity index (χ1) is 14.7. The molecule has 164 valence electrons. The van der Waals surface area contributed by atoms with Crippen LogP contribution in [0.1, 0.15) is 32.4 Å². The highest BCUT2D eigenvalue weighted by atomic mass is 79.9. The first-order valence-corrected chi connectivity index (χ1v) is 13.2. The number of carbonyl (C=O) groups is 1. The predicted molar refractivity (Wildman–Crippen MR) is 128 cm³/mol. The minimum absolute atomic E-state index is 0.234. The molecule has 0 aromatic heterocycles. The quantitative estimate of drug-likeness (QED) is 0.248. The molecule has 3 aromatic rings. The smallest absolute Gasteiger partial charge is 0.409 e. The lowest BCUT2D eigenvalue weighted by molar-refractivity contribution is -0.151. The number of hydrogen-bond donors (Lipinski definition) is 1. The molecule has 0 saturated heterocycles. The van der Waals surface area contributed by atoms with Gasteiger partial charge in [0.15, 0.2) is 0 Å². The van der Waals surface area contributed by atoms with Crippen molar-refractivity contribution in [2.24, 2.45) is 5.92 Å². The molecule has 3 rings (SSSR count). The predicted octanol–water partition coefficient (Wildman–Crippen LogP) is 7.25. The number of rotatable bonds is 8. The van der Waals surface area contributed by atoms with Crippen molar-refractivity contribution >= 4 is 50.8 Å². The van der Waals surface area contributed by atoms with Gasteiger partial charge in [0.2, 0.25) is 0 Å². The highest BCUT2D eigenvalue weighted by molar-refractivity contribution is 9.10. The molecule has 0 radical (unpaired) electrons. The van der Waals surface area contributed by atoms with Crippen LogP contribution < -0.4 is 9.61 Å². The van der Waals surface area contributed by atoms with Gasteiger partial charge in [-0.1, -0.05) is 84.4 Å². The van der Waals surface area contributed by atoms with Crippen LogP contribution >= 0.6 is 34.0 Å². The van der Waals surface area contributed by atoms with Crippen molar-refractivity contribution in [1.29, 1.82) is 0 Å². The largest absolute Gasteiger partial charge is 0.457 e. The van der Waals surface area contributed by atoms with Crippen LogP contribution in [0.5, 0.6) is 5.75 Å². The molecular formula is C23H24BrClNO4P. The Kier molecular flexibility index (Phi) is 7.82. The van der Waals surface area contributed by atoms with Crippen molar-refractivity contribution in [1.82, 2.24) is 5.09 Å². The molecule has 3 aromatic carbocycles. The molecule has 3 atom stereocenters. The summed E-state index contributed by atoms with van der Waals surface area (Å²) in [5, 5.41) is 4.40. The van der Waals surface area contributed by atoms with E-state index in [-0.39, 0.29) is 5.92 Å². The van der Waals surface area contributed by atoms with Gasteiger partial charge in [0.25, 0.3) is 0 Å². The van der Waals surface area contributed by atoms with Gasteiger partial charge in [-0.2, -0.15) is 0 Å². The zero-order valence-electron chi connectivity index (χ0n) is 17.4. The normalized spacial score (nSPS) is 15.3. The van der Waals surface area contributed by atoms with E-state index >= 15 is 0 Å². The molecule has 31 heavy (non-hydrogen) atoms. The van der Waals surface area contributed by atoms with E-state index < -0.39 is 25.0 Å². The molecule has 0 aliphatic carbocycles. The maximum atomic E-state index is 13.1. The molecule has 8 heteroatoms. The first kappa shape index (κ1) is 23.8. The first-order valence-electron chi connectivity index (χ1n) is 9.87. The third-order valence-corrected chi connectivity index (χ3v) is 7.06. The number of nitrogens with one attached hydrogen (secondary N) is 1. The standard InChI is InChI=1S/C23H24BrClNO4P/c1-15(2)22(23(27)29-16(3)18-11-6-7-13-20(18)24)26-31(25,28)30-21-14-8-10-17-9-4-5-12-19(17)21/h4-16,22H,1-3H3,(H,26,28)/t16-,22-,31?/m0/s1. The van der Waals surface area contributed by atoms with Gasteiger partial charge >= 0.3 is 12.8 Å². The van der Waals surface area contributed by atoms with Crippen molar-refractivity contribution < 1.29 is 18.6 Å². The molecule has 0 fully saturated rings. The van der Waals surface area contributed by atoms with Crippen LogP contribution in [-0.4, -0.2) is 12.0 Å². The molecule has 0 heterocycles. The topological polar surface area (TPSA) is 64.6 Å². The zero-order chi connectivity index (χ0) is 22.6. The Morgan fingerprint density at radius 3 is 2.35 bits per heavy atom. The van der Waals surface area contributed by atoms with Crippen LogP contribution in [0.3, 0.4) is 0 Å². The molecule has 1 N–H and O–H groups in total. The zero-order valence-corrected chi connectivity index (χ0v) is 20.7. The summed E-state index contributed by atoms with van der Waals surface area (Å²) < 4.78 is 25.2. The lowest BCUT2D eigenvalue weighted by Crippen LogP contribution is -2.40. The minimum Gasteiger partial charge on any atom is -0.457 e. The Balaban J connectivity index is 1.76. The molecule has 1 unspecified atom stereocenters. The number of fused-ring (bicyclic) bond motifs is 1. The Hall–Kier alpha value is -1.85. The fourth-order valence-electron chi connectivity index (χ4n) is 3.18. The number of halogens is 2. The number of carbonyl (C=O) groups excluding carboxylic acids is 1. The van der Waals surface area contributed by atoms with Gasteiger partial charge in [0.1, 0.15) is 17.9 Å². The van der Waals surface area contributed by atoms with E-state index in [1.54, 1.807) is 19.1 Å². The van der Waals surface area contributed by atoms with Crippen LogP contribution in [0, 0.1) is 5.92 Å². The van der Waals surface area contributed by atoms with Crippen molar-refractivity contribution in [3.05, 3.63) is 76.8 Å². The van der Waals surface area contributed by atoms with Gasteiger partial charge in [-0.25, -0.2) is 9.65 Å². The van der Waals surface area contributed by atoms with E-state index in [2.05, 4.69) is 21.0 Å². The van der Waals surface area contributed by atoms with Crippen LogP contribution in [0.25, 0.3) is 10.8 Å². The molecule has 0 aliphatic heterocycles. The lowest BCUT2D eigenvalue weighted by Gasteiger charge is -2.25. The van der Waals surface area contributed by atoms with Crippen LogP contribution in [-0.2, 0) is 14.1 Å². The van der Waals surface area contributed by atoms with E-state index in [0.717, 1.165) is 20.8 Å². The molecule has 0 saturated carbocycles. The van der Waals surface area contributed by atoms with E-state index in [1.807, 2.05) is 68.4 Å². The minimum atomic E-state index is -3.90. The van der Waals surface area contributed by atoms with Crippen molar-refractivity contribution in [2.75, 3.05) is 0 Å². The second-order valence-electron chi connectivity index (χ2n) is 7.50. The number of benzene rings is 3. The van der Waals surface area contributed by atoms with Crippen molar-refractivity contribution in [3.63, 3.8) is 0 Å². The summed E-state index contributed by atoms with van der Waals surface area (Å²) in [7, 11) is 0. The van der Waals surface area contributed by atoms with Crippen LogP contribution in [0.2, 0.25) is 0 Å². The Morgan fingerprint density at radius 1 is 1.00 bits per heavy atom. The average Bonchev–Trinajstić information content (AvgIpc) is 2.72. The number of esters is 1. The molecule has 0 bridgehead atoms. The fraction of sp³-hybridized carbons (Fsp3) is 0.261. The molecule has 0 aliphatic rings. The Morgan fingerprint density at radius 2 is 1.65 bits per heavy atom. The third kappa shape index (κ3) is 6.11. The molecule has 5 nitrogen and oxygen atoms in total. The summed E-state index contributed by atoms with van der Waals surface area (Å²) in [6.45, 7) is 1.52. The molecule has 0 amide bonds. The van der Waals surface area contributed by atoms with Crippen molar-refractivity contribution in [2.45, 2.75) is 32.9 Å². The summed E-state index contributed by atoms with van der Waals surface area (Å²) in [6.07, 6.45) is -0.500. The molecular weight excluding hydrogens is 501 g/mol. The Labute approximate surface area is 195 Å². The van der Waals surface area contributed by atoms with Gasteiger partial charge < -0.3 is 9.26 Å². The van der Waals surface area contributed by atoms with Gasteiger partial charge in [0, 0.05) is 26.7 Å². The maximum Gasteiger partial charge on any atom is 0.409 e. The third-order valence-electron chi connectivity index (χ3n) is 4.82. The highest BCUT2D eigenvalue weighted by Gasteiger charge is 2.34. The summed E-state index contributed by atoms with van der Waals surface area (Å²) >= 11 is 9.71. The fourth-order valence-corrected chi connectivity index (χ4v) is 5.53. The van der Waals surface area contributed by atoms with Gasteiger partial charge in [0.05, 0.1) is 0 Å². The average molecular weight is 525 g/mol. The second-order valence-corrected chi connectivity index (χ2v) is 11.1. The van der Waals surface area contributed by atoms with Crippen LogP contribution in [0.4, 0.5) is 0 Å². The lowest BCUT2D eigenvalue weighted by atomic mass is 10.1. The van der Waals surface area contributed by atoms with Gasteiger partial charge in [-0.15, -0.1) is 0 Å². The number of ether oxygens (including phenoxy) is 1. The van der Waals surface area contributed by atoms with Gasteiger partial charge in [-0.05, 0) is 30.4 Å². The number of hydrogen-bond acceptors (Lipinski definition) is 4. The summed E-state index contributed by atoms with van der Waals surface area (Å²) in [4.78, 5) is 12.9. The van der Waals surface area contributed by atoms with E-state index in [0.29, 0.717) is 5.75 Å². The maximum absolute atomic E-state index is 13.1. The van der Waals surface area contributed by atoms with E-state index in [4.69, 9.17) is 20.5 Å². The van der Waals surface area contributed by atoms with Crippen LogP contribution in [0.15, 0.2) is 71.2 Å². The van der Waals surface area contributed by atoms with E-state index in [9.17, 15) is 9.36 Å².